The molecule has 3 saturated carbocycles. The minimum absolute atomic E-state index is 0.0146. The molecule has 0 spiro atoms. The fraction of sp³-hybridized carbons (Fsp3) is 0.358. The van der Waals surface area contributed by atoms with Gasteiger partial charge in [0.25, 0.3) is 5.69 Å². The molecule has 7 nitrogen and oxygen atoms in total. The van der Waals surface area contributed by atoms with Gasteiger partial charge in [-0.25, -0.2) is 14.0 Å². The Morgan fingerprint density at radius 2 is 0.638 bits per heavy atom. The highest BCUT2D eigenvalue weighted by molar-refractivity contribution is 7.97. The highest BCUT2D eigenvalue weighted by Gasteiger charge is 3.00. The Morgan fingerprint density at radius 3 is 0.882 bits per heavy atom. The van der Waals surface area contributed by atoms with Crippen LogP contribution in [-0.2, 0) is 47.6 Å². The number of nitro groups is 1. The number of hydrogen-bond acceptors (Lipinski definition) is 6. The molecule has 11 aromatic carbocycles. The highest BCUT2D eigenvalue weighted by Crippen LogP contribution is 2.69. The maximum Gasteiger partial charge on any atom is 0.384 e. The summed E-state index contributed by atoms with van der Waals surface area (Å²) < 4.78 is 150. The Balaban J connectivity index is 0.000000174. The lowest BCUT2D eigenvalue weighted by atomic mass is 9.73. The van der Waals surface area contributed by atoms with Crippen molar-refractivity contribution in [3.63, 3.8) is 0 Å². The number of carbonyl (C=O) groups excluding carboxylic acids is 2. The maximum absolute atomic E-state index is 13.0. The quantitative estimate of drug-likeness (QED) is 0.0234. The molecule has 0 saturated heterocycles. The number of alkyl halides is 11. The molecular weight excluding hydrogens is 1690 g/mol. The lowest BCUT2D eigenvalue weighted by Crippen LogP contribution is -2.82. The summed E-state index contributed by atoms with van der Waals surface area (Å²) in [6, 6.07) is 102. The number of nitrogens with zero attached hydrogens (tertiary/aromatic N) is 1. The molecule has 3 aliphatic rings. The Bertz CT molecular complexity index is 4700. The number of esters is 2. The molecule has 0 aliphatic heterocycles. The number of aryl methyl sites for hydroxylation is 1. The molecule has 3 fully saturated rings. The van der Waals surface area contributed by atoms with Crippen molar-refractivity contribution >= 4 is 50.3 Å². The monoisotopic (exact) mass is 1800 g/mol. The second-order valence-corrected chi connectivity index (χ2v) is 40.3. The summed E-state index contributed by atoms with van der Waals surface area (Å²) in [5.74, 6) is -33.1. The third-order valence-electron chi connectivity index (χ3n) is 22.7. The molecule has 0 aromatic heterocycles. The maximum atomic E-state index is 13.0. The van der Waals surface area contributed by atoms with Crippen molar-refractivity contribution in [2.75, 3.05) is 13.2 Å². The second-order valence-electron chi connectivity index (χ2n) is 34.2. The lowest BCUT2D eigenvalue weighted by molar-refractivity contribution is -0.482. The average Bonchev–Trinajstić information content (AvgIpc) is 0.666. The Labute approximate surface area is 751 Å². The van der Waals surface area contributed by atoms with Gasteiger partial charge in [0.05, 0.1) is 61.9 Å². The summed E-state index contributed by atoms with van der Waals surface area (Å²) in [6.07, 6.45) is 14.7. The molecule has 0 bridgehead atoms. The number of rotatable bonds is 21. The normalized spacial score (nSPS) is 16.0. The van der Waals surface area contributed by atoms with Crippen molar-refractivity contribution < 1.29 is 72.3 Å². The summed E-state index contributed by atoms with van der Waals surface area (Å²) in [6.45, 7) is 23.0. The molecule has 14 rings (SSSR count). The van der Waals surface area contributed by atoms with Crippen LogP contribution in [0.5, 0.6) is 0 Å². The molecule has 674 valence electrons. The van der Waals surface area contributed by atoms with Gasteiger partial charge in [-0.2, -0.15) is 43.9 Å². The molecule has 0 N–H and O–H groups in total. The Kier molecular flexibility index (Phi) is 36.4. The van der Waals surface area contributed by atoms with Crippen LogP contribution in [0.2, 0.25) is 0 Å². The molecular formula is C106H117F11NO6S3+3. The summed E-state index contributed by atoms with van der Waals surface area (Å²) >= 11 is 0. The summed E-state index contributed by atoms with van der Waals surface area (Å²) in [4.78, 5) is 48.5. The van der Waals surface area contributed by atoms with Crippen LogP contribution in [0.4, 0.5) is 54.0 Å². The van der Waals surface area contributed by atoms with Gasteiger partial charge >= 0.3 is 41.6 Å². The van der Waals surface area contributed by atoms with Gasteiger partial charge in [-0.15, -0.1) is 0 Å². The first-order valence-electron chi connectivity index (χ1n) is 43.3. The van der Waals surface area contributed by atoms with Crippen LogP contribution in [0.3, 0.4) is 0 Å². The molecule has 0 heterocycles. The van der Waals surface area contributed by atoms with Crippen LogP contribution in [-0.4, -0.2) is 65.4 Å². The van der Waals surface area contributed by atoms with Crippen LogP contribution in [0.25, 0.3) is 0 Å². The van der Waals surface area contributed by atoms with Gasteiger partial charge in [0.2, 0.25) is 5.67 Å². The fourth-order valence-corrected chi connectivity index (χ4v) is 22.0. The molecule has 21 heteroatoms. The van der Waals surface area contributed by atoms with Gasteiger partial charge in [-0.05, 0) is 224 Å². The zero-order valence-corrected chi connectivity index (χ0v) is 76.7. The van der Waals surface area contributed by atoms with Crippen molar-refractivity contribution in [1.29, 1.82) is 0 Å². The lowest BCUT2D eigenvalue weighted by Gasteiger charge is -2.51. The fourth-order valence-electron chi connectivity index (χ4n) is 15.7. The van der Waals surface area contributed by atoms with Crippen LogP contribution < -0.4 is 0 Å². The predicted octanol–water partition coefficient (Wildman–Crippen LogP) is 31.1. The summed E-state index contributed by atoms with van der Waals surface area (Å²) in [5.41, 5.74) is 1.87. The van der Waals surface area contributed by atoms with E-state index >= 15 is 0 Å². The minimum atomic E-state index is -7.11. The van der Waals surface area contributed by atoms with Gasteiger partial charge < -0.3 is 9.47 Å². The molecule has 0 amide bonds. The van der Waals surface area contributed by atoms with E-state index in [9.17, 15) is 68.0 Å². The number of ether oxygens (including phenoxy) is 2. The van der Waals surface area contributed by atoms with Crippen molar-refractivity contribution in [2.45, 2.75) is 263 Å². The van der Waals surface area contributed by atoms with E-state index in [0.717, 1.165) is 35.1 Å². The predicted molar refractivity (Wildman–Crippen MR) is 492 cm³/mol. The third-order valence-corrected chi connectivity index (χ3v) is 29.4. The number of benzene rings is 11. The number of hydrogen-bond donors (Lipinski definition) is 0. The van der Waals surface area contributed by atoms with Gasteiger partial charge in [0, 0.05) is 11.1 Å². The Morgan fingerprint density at radius 1 is 0.378 bits per heavy atom. The Hall–Kier alpha value is -9.96. The zero-order valence-electron chi connectivity index (χ0n) is 74.3. The van der Waals surface area contributed by atoms with E-state index in [2.05, 4.69) is 302 Å². The number of halogens is 11. The number of carbonyl (C=O) groups is 2. The van der Waals surface area contributed by atoms with Crippen molar-refractivity contribution in [3.8, 4) is 0 Å². The SMILES string of the molecule is CC(C)(C)c1ccc([S+](c2ccccc2)c2ccccc2)cc1.CC1(F)C(F)(F)C(F)(F)C(F)(F)C(F)(F)C1(F)F.Cc1c(C(C)C)cc(C(C)C)c([N+](=O)[O-])c1C(C)C.Cc1cc(C(=O)OCCC2CCCCC2)cc(C(=O)OCCC2CCCCC2)c1.c1ccc([S+](c2ccccc2)c2ccccc2)cc1.c1ccc([S+](c2ccccc2)c2ccccc2)cc1. The summed E-state index contributed by atoms with van der Waals surface area (Å²) in [7, 11) is -0.0789. The van der Waals surface area contributed by atoms with Crippen LogP contribution in [0, 0.1) is 35.8 Å². The molecule has 3 aliphatic carbocycles. The largest absolute Gasteiger partial charge is 0.462 e. The topological polar surface area (TPSA) is 95.7 Å². The second kappa shape index (κ2) is 45.8. The van der Waals surface area contributed by atoms with Gasteiger partial charge in [-0.1, -0.05) is 284 Å². The van der Waals surface area contributed by atoms with Gasteiger partial charge in [0.1, 0.15) is 0 Å². The van der Waals surface area contributed by atoms with Crippen LogP contribution in [0.1, 0.15) is 218 Å². The first-order chi connectivity index (χ1) is 60.2. The van der Waals surface area contributed by atoms with Crippen molar-refractivity contribution in [2.24, 2.45) is 11.8 Å². The minimum Gasteiger partial charge on any atom is -0.462 e. The van der Waals surface area contributed by atoms with E-state index in [1.807, 2.05) is 47.6 Å². The van der Waals surface area contributed by atoms with E-state index < -0.39 is 42.2 Å². The van der Waals surface area contributed by atoms with E-state index in [0.29, 0.717) is 47.8 Å². The van der Waals surface area contributed by atoms with E-state index in [1.165, 1.54) is 119 Å². The smallest absolute Gasteiger partial charge is 0.384 e. The van der Waals surface area contributed by atoms with E-state index in [4.69, 9.17) is 9.47 Å². The van der Waals surface area contributed by atoms with E-state index in [-0.39, 0.29) is 66.8 Å². The standard InChI is InChI=1S/C25H36O4.C22H23S.2C18H15S.C16H25NO2.C7H3F11/c1-19-16-22(24(26)28-14-12-20-8-4-2-5-9-20)18-23(17-19)25(27)29-15-13-21-10-6-3-7-11-21;1-22(2,3)18-14-16-21(17-15-18)23(19-10-6-4-7-11-19)20-12-8-5-9-13-20;2*1-4-10-16(11-5-1)19(17-12-6-2-7-13-17)18-14-8-3-9-15-18;1-9(2)13-8-14(10(3)4)16(17(18)19)15(11(5)6)12(13)7;1-2(8)3(9,10)5(13,14)7(17,18)6(15,16)4(2,11)12/h16-18,20-21H,2-15H2,1H3;4-17H,1-3H3;2*1-15H;8-11H,1-7H3;1H3/q;3*+1;;. The van der Waals surface area contributed by atoms with Gasteiger partial charge in [0.15, 0.2) is 44.1 Å². The highest BCUT2D eigenvalue weighted by atomic mass is 32.2. The van der Waals surface area contributed by atoms with E-state index in [1.54, 1.807) is 18.2 Å². The molecule has 0 unspecified atom stereocenters. The molecule has 0 atom stereocenters. The zero-order chi connectivity index (χ0) is 92.5. The van der Waals surface area contributed by atoms with Crippen LogP contribution >= 0.6 is 0 Å². The average molecular weight is 1810 g/mol. The molecule has 11 aromatic rings. The third kappa shape index (κ3) is 25.3. The van der Waals surface area contributed by atoms with Crippen molar-refractivity contribution in [3.05, 3.63) is 346 Å². The van der Waals surface area contributed by atoms with Crippen LogP contribution in [0.15, 0.2) is 335 Å². The van der Waals surface area contributed by atoms with Gasteiger partial charge in [-0.3, -0.25) is 10.1 Å². The first kappa shape index (κ1) is 101. The molecule has 127 heavy (non-hydrogen) atoms. The first-order valence-corrected chi connectivity index (χ1v) is 47.0. The number of nitro benzene ring substituents is 1. The molecule has 0 radical (unpaired) electrons. The van der Waals surface area contributed by atoms with Crippen molar-refractivity contribution in [1.82, 2.24) is 0 Å². The summed E-state index contributed by atoms with van der Waals surface area (Å²) in [5, 5.41) is 11.5.